The number of carbonyl (C=O) groups excluding carboxylic acids is 1. The van der Waals surface area contributed by atoms with Crippen molar-refractivity contribution in [3.63, 3.8) is 0 Å². The summed E-state index contributed by atoms with van der Waals surface area (Å²) in [5.41, 5.74) is 0.432. The standard InChI is InChI=1S/C16H26N2O2/c1-18-10-11(4-5-13(18)19)17-14-12-6-9-20-15(12)16(14)7-2-3-8-16/h11-12,14-15,17H,2-10H2,1H3/t11-,12+,14-,15-/m1/s1. The molecular formula is C16H26N2O2. The van der Waals surface area contributed by atoms with Gasteiger partial charge in [-0.05, 0) is 25.7 Å². The number of likely N-dealkylation sites (N-methyl/N-ethyl adjacent to an activating group) is 1. The molecule has 2 saturated carbocycles. The van der Waals surface area contributed by atoms with Crippen LogP contribution in [-0.2, 0) is 9.53 Å². The van der Waals surface area contributed by atoms with E-state index in [9.17, 15) is 4.79 Å². The van der Waals surface area contributed by atoms with E-state index in [4.69, 9.17) is 4.74 Å². The highest BCUT2D eigenvalue weighted by atomic mass is 16.5. The molecule has 2 saturated heterocycles. The quantitative estimate of drug-likeness (QED) is 0.833. The van der Waals surface area contributed by atoms with E-state index in [-0.39, 0.29) is 0 Å². The van der Waals surface area contributed by atoms with Crippen molar-refractivity contribution >= 4 is 5.91 Å². The highest BCUT2D eigenvalue weighted by Gasteiger charge is 2.64. The van der Waals surface area contributed by atoms with Gasteiger partial charge in [0.1, 0.15) is 0 Å². The number of hydrogen-bond donors (Lipinski definition) is 1. The highest BCUT2D eigenvalue weighted by Crippen LogP contribution is 2.60. The molecule has 1 amide bonds. The molecule has 4 rings (SSSR count). The van der Waals surface area contributed by atoms with Crippen molar-refractivity contribution < 1.29 is 9.53 Å². The van der Waals surface area contributed by atoms with Crippen LogP contribution < -0.4 is 5.32 Å². The molecule has 2 aliphatic carbocycles. The molecule has 1 N–H and O–H groups in total. The van der Waals surface area contributed by atoms with Gasteiger partial charge in [0, 0.05) is 50.0 Å². The minimum Gasteiger partial charge on any atom is -0.377 e. The minimum atomic E-state index is 0.300. The summed E-state index contributed by atoms with van der Waals surface area (Å²) in [5, 5.41) is 3.94. The van der Waals surface area contributed by atoms with E-state index in [0.717, 1.165) is 25.5 Å². The average Bonchev–Trinajstić information content (AvgIpc) is 3.07. The summed E-state index contributed by atoms with van der Waals surface area (Å²) in [6.07, 6.45) is 8.89. The van der Waals surface area contributed by atoms with E-state index in [2.05, 4.69) is 5.32 Å². The molecule has 0 aromatic carbocycles. The van der Waals surface area contributed by atoms with Crippen molar-refractivity contribution in [3.05, 3.63) is 0 Å². The van der Waals surface area contributed by atoms with Gasteiger partial charge in [-0.15, -0.1) is 0 Å². The van der Waals surface area contributed by atoms with Gasteiger partial charge in [-0.2, -0.15) is 0 Å². The van der Waals surface area contributed by atoms with Crippen molar-refractivity contribution in [2.45, 2.75) is 63.1 Å². The Morgan fingerprint density at radius 3 is 2.85 bits per heavy atom. The lowest BCUT2D eigenvalue weighted by molar-refractivity contribution is -0.140. The number of hydrogen-bond acceptors (Lipinski definition) is 3. The van der Waals surface area contributed by atoms with Gasteiger partial charge in [-0.3, -0.25) is 4.79 Å². The molecule has 4 nitrogen and oxygen atoms in total. The smallest absolute Gasteiger partial charge is 0.222 e. The average molecular weight is 278 g/mol. The first kappa shape index (κ1) is 13.1. The van der Waals surface area contributed by atoms with Crippen LogP contribution in [0.5, 0.6) is 0 Å². The Morgan fingerprint density at radius 1 is 1.30 bits per heavy atom. The molecule has 0 bridgehead atoms. The fourth-order valence-corrected chi connectivity index (χ4v) is 5.35. The van der Waals surface area contributed by atoms with Gasteiger partial charge >= 0.3 is 0 Å². The van der Waals surface area contributed by atoms with Crippen LogP contribution in [-0.4, -0.2) is 49.2 Å². The zero-order chi connectivity index (χ0) is 13.7. The molecule has 0 radical (unpaired) electrons. The van der Waals surface area contributed by atoms with Crippen LogP contribution in [0.3, 0.4) is 0 Å². The topological polar surface area (TPSA) is 41.6 Å². The molecule has 112 valence electrons. The molecule has 4 fully saturated rings. The first-order valence-electron chi connectivity index (χ1n) is 8.32. The fraction of sp³-hybridized carbons (Fsp3) is 0.938. The van der Waals surface area contributed by atoms with E-state index in [0.29, 0.717) is 35.9 Å². The number of nitrogens with zero attached hydrogens (tertiary/aromatic N) is 1. The van der Waals surface area contributed by atoms with Gasteiger partial charge in [0.15, 0.2) is 0 Å². The minimum absolute atomic E-state index is 0.300. The molecule has 0 aromatic heterocycles. The molecule has 1 spiro atoms. The summed E-state index contributed by atoms with van der Waals surface area (Å²) in [5.74, 6) is 1.03. The fourth-order valence-electron chi connectivity index (χ4n) is 5.35. The van der Waals surface area contributed by atoms with Gasteiger partial charge in [0.05, 0.1) is 6.10 Å². The maximum absolute atomic E-state index is 11.6. The lowest BCUT2D eigenvalue weighted by atomic mass is 9.54. The van der Waals surface area contributed by atoms with Crippen LogP contribution in [0.2, 0.25) is 0 Å². The van der Waals surface area contributed by atoms with E-state index >= 15 is 0 Å². The molecule has 0 unspecified atom stereocenters. The van der Waals surface area contributed by atoms with Crippen molar-refractivity contribution in [1.82, 2.24) is 10.2 Å². The van der Waals surface area contributed by atoms with Gasteiger partial charge in [-0.25, -0.2) is 0 Å². The van der Waals surface area contributed by atoms with Gasteiger partial charge in [0.2, 0.25) is 5.91 Å². The van der Waals surface area contributed by atoms with E-state index in [1.165, 1.54) is 32.1 Å². The molecular weight excluding hydrogens is 252 g/mol. The summed E-state index contributed by atoms with van der Waals surface area (Å²) in [6.45, 7) is 1.84. The van der Waals surface area contributed by atoms with Crippen molar-refractivity contribution in [1.29, 1.82) is 0 Å². The molecule has 20 heavy (non-hydrogen) atoms. The second-order valence-electron chi connectivity index (χ2n) is 7.34. The lowest BCUT2D eigenvalue weighted by Gasteiger charge is -2.58. The van der Waals surface area contributed by atoms with E-state index in [1.54, 1.807) is 0 Å². The number of carbonyl (C=O) groups is 1. The number of amides is 1. The van der Waals surface area contributed by atoms with Crippen molar-refractivity contribution in [2.75, 3.05) is 20.2 Å². The Hall–Kier alpha value is -0.610. The summed E-state index contributed by atoms with van der Waals surface area (Å²) in [7, 11) is 1.93. The third-order valence-electron chi connectivity index (χ3n) is 6.33. The molecule has 4 heteroatoms. The maximum atomic E-state index is 11.6. The first-order chi connectivity index (χ1) is 9.71. The van der Waals surface area contributed by atoms with Crippen LogP contribution in [0.25, 0.3) is 0 Å². The molecule has 2 aliphatic heterocycles. The Bertz CT molecular complexity index is 405. The summed E-state index contributed by atoms with van der Waals surface area (Å²) in [6, 6.07) is 1.13. The number of likely N-dealkylation sites (tertiary alicyclic amines) is 1. The number of rotatable bonds is 2. The van der Waals surface area contributed by atoms with Crippen LogP contribution in [0.4, 0.5) is 0 Å². The monoisotopic (exact) mass is 278 g/mol. The maximum Gasteiger partial charge on any atom is 0.222 e. The number of ether oxygens (including phenoxy) is 1. The summed E-state index contributed by atoms with van der Waals surface area (Å²) >= 11 is 0. The first-order valence-corrected chi connectivity index (χ1v) is 8.32. The Balaban J connectivity index is 1.46. The summed E-state index contributed by atoms with van der Waals surface area (Å²) < 4.78 is 6.04. The SMILES string of the molecule is CN1C[C@H](N[C@@H]2[C@@H]3CCO[C@H]3C23CCCC3)CCC1=O. The number of piperidine rings is 1. The van der Waals surface area contributed by atoms with Crippen LogP contribution in [0.1, 0.15) is 44.9 Å². The Morgan fingerprint density at radius 2 is 2.10 bits per heavy atom. The van der Waals surface area contributed by atoms with Gasteiger partial charge < -0.3 is 15.0 Å². The third-order valence-corrected chi connectivity index (χ3v) is 6.33. The predicted octanol–water partition coefficient (Wildman–Crippen LogP) is 1.54. The Labute approximate surface area is 121 Å². The second-order valence-corrected chi connectivity index (χ2v) is 7.34. The molecule has 0 aromatic rings. The third kappa shape index (κ3) is 1.77. The Kier molecular flexibility index (Phi) is 3.08. The number of fused-ring (bicyclic) bond motifs is 2. The van der Waals surface area contributed by atoms with Crippen LogP contribution >= 0.6 is 0 Å². The van der Waals surface area contributed by atoms with Crippen LogP contribution in [0.15, 0.2) is 0 Å². The predicted molar refractivity (Wildman–Crippen MR) is 76.3 cm³/mol. The normalized spacial score (nSPS) is 42.9. The largest absolute Gasteiger partial charge is 0.377 e. The lowest BCUT2D eigenvalue weighted by Crippen LogP contribution is -2.69. The van der Waals surface area contributed by atoms with Crippen molar-refractivity contribution in [2.24, 2.45) is 11.3 Å². The van der Waals surface area contributed by atoms with Crippen molar-refractivity contribution in [3.8, 4) is 0 Å². The zero-order valence-corrected chi connectivity index (χ0v) is 12.4. The molecule has 2 heterocycles. The van der Waals surface area contributed by atoms with Crippen LogP contribution in [0, 0.1) is 11.3 Å². The number of nitrogens with one attached hydrogen (secondary N) is 1. The van der Waals surface area contributed by atoms with E-state index < -0.39 is 0 Å². The van der Waals surface area contributed by atoms with Gasteiger partial charge in [-0.1, -0.05) is 12.8 Å². The molecule has 4 aliphatic rings. The molecule has 4 atom stereocenters. The summed E-state index contributed by atoms with van der Waals surface area (Å²) in [4.78, 5) is 13.5. The zero-order valence-electron chi connectivity index (χ0n) is 12.4. The highest BCUT2D eigenvalue weighted by molar-refractivity contribution is 5.76. The van der Waals surface area contributed by atoms with E-state index in [1.807, 2.05) is 11.9 Å². The second kappa shape index (κ2) is 4.70. The van der Waals surface area contributed by atoms with Gasteiger partial charge in [0.25, 0.3) is 0 Å².